The molecule has 0 saturated heterocycles. The average molecular weight is 581 g/mol. The summed E-state index contributed by atoms with van der Waals surface area (Å²) in [5.41, 5.74) is 14.1. The van der Waals surface area contributed by atoms with Gasteiger partial charge in [0, 0.05) is 28.9 Å². The molecule has 0 aromatic heterocycles. The molecule has 0 fully saturated rings. The highest BCUT2D eigenvalue weighted by molar-refractivity contribution is 5.86. The molecule has 2 N–H and O–H groups in total. The molecule has 1 heterocycles. The van der Waals surface area contributed by atoms with E-state index in [0.717, 1.165) is 5.69 Å². The Morgan fingerprint density at radius 3 is 2.09 bits per heavy atom. The normalized spacial score (nSPS) is 21.5. The summed E-state index contributed by atoms with van der Waals surface area (Å²) >= 11 is 0. The van der Waals surface area contributed by atoms with Crippen LogP contribution >= 0.6 is 0 Å². The molecule has 5 aromatic carbocycles. The van der Waals surface area contributed by atoms with Crippen LogP contribution in [0.5, 0.6) is 0 Å². The van der Waals surface area contributed by atoms with Crippen LogP contribution < -0.4 is 10.6 Å². The molecule has 4 atom stereocenters. The van der Waals surface area contributed by atoms with Crippen molar-refractivity contribution in [2.45, 2.75) is 24.8 Å². The van der Waals surface area contributed by atoms with E-state index < -0.39 is 0 Å². The first-order valence-corrected chi connectivity index (χ1v) is 16.0. The topological polar surface area (TPSA) is 24.1 Å². The molecule has 0 saturated carbocycles. The summed E-state index contributed by atoms with van der Waals surface area (Å²) in [5.74, 6) is 0.950. The molecular weight excluding hydrogens is 544 g/mol. The smallest absolute Gasteiger partial charge is 0.0551 e. The maximum Gasteiger partial charge on any atom is 0.0551 e. The third-order valence-electron chi connectivity index (χ3n) is 9.63. The lowest BCUT2D eigenvalue weighted by molar-refractivity contribution is 0.643. The first kappa shape index (κ1) is 27.2. The minimum atomic E-state index is 0.173. The molecule has 5 aromatic rings. The zero-order chi connectivity index (χ0) is 30.2. The van der Waals surface area contributed by atoms with E-state index in [0.29, 0.717) is 11.8 Å². The van der Waals surface area contributed by atoms with E-state index in [9.17, 15) is 0 Å². The second-order valence-electron chi connectivity index (χ2n) is 12.3. The van der Waals surface area contributed by atoms with Crippen LogP contribution in [-0.4, -0.2) is 6.04 Å². The average Bonchev–Trinajstić information content (AvgIpc) is 3.49. The van der Waals surface area contributed by atoms with E-state index in [1.807, 2.05) is 0 Å². The third kappa shape index (κ3) is 5.13. The summed E-state index contributed by atoms with van der Waals surface area (Å²) in [6, 6.07) is 48.2. The van der Waals surface area contributed by atoms with Gasteiger partial charge in [-0.05, 0) is 74.7 Å². The maximum absolute atomic E-state index is 3.75. The molecule has 8 rings (SSSR count). The number of anilines is 2. The van der Waals surface area contributed by atoms with Crippen LogP contribution in [0.3, 0.4) is 0 Å². The van der Waals surface area contributed by atoms with Gasteiger partial charge in [-0.3, -0.25) is 0 Å². The number of rotatable bonds is 6. The molecule has 45 heavy (non-hydrogen) atoms. The molecular formula is C43H36N2. The second kappa shape index (κ2) is 11.6. The zero-order valence-electron chi connectivity index (χ0n) is 25.4. The van der Waals surface area contributed by atoms with Crippen molar-refractivity contribution in [2.24, 2.45) is 5.92 Å². The van der Waals surface area contributed by atoms with E-state index in [4.69, 9.17) is 0 Å². The first-order chi connectivity index (χ1) is 22.2. The lowest BCUT2D eigenvalue weighted by Crippen LogP contribution is -2.26. The number of hydrogen-bond acceptors (Lipinski definition) is 2. The molecule has 2 aliphatic carbocycles. The summed E-state index contributed by atoms with van der Waals surface area (Å²) in [7, 11) is 0. The molecule has 4 unspecified atom stereocenters. The van der Waals surface area contributed by atoms with Crippen molar-refractivity contribution in [1.82, 2.24) is 0 Å². The molecule has 0 amide bonds. The van der Waals surface area contributed by atoms with E-state index in [-0.39, 0.29) is 12.0 Å². The largest absolute Gasteiger partial charge is 0.378 e. The monoisotopic (exact) mass is 580 g/mol. The van der Waals surface area contributed by atoms with Crippen LogP contribution in [0.15, 0.2) is 170 Å². The summed E-state index contributed by atoms with van der Waals surface area (Å²) in [6.45, 7) is 2.37. The van der Waals surface area contributed by atoms with Gasteiger partial charge in [0.1, 0.15) is 0 Å². The number of benzene rings is 5. The van der Waals surface area contributed by atoms with Crippen molar-refractivity contribution in [3.63, 3.8) is 0 Å². The lowest BCUT2D eigenvalue weighted by atomic mass is 9.75. The second-order valence-corrected chi connectivity index (χ2v) is 12.3. The lowest BCUT2D eigenvalue weighted by Gasteiger charge is -2.29. The van der Waals surface area contributed by atoms with Crippen LogP contribution in [0.4, 0.5) is 11.4 Å². The van der Waals surface area contributed by atoms with E-state index in [1.165, 1.54) is 55.9 Å². The fourth-order valence-corrected chi connectivity index (χ4v) is 7.36. The van der Waals surface area contributed by atoms with Gasteiger partial charge in [-0.1, -0.05) is 146 Å². The SMILES string of the molecule is CC1C(c2ccccc2-c2ccc(C3=CC(c4ccccc4)C(Nc4ccccc4)C=C3)cc2)=CC=C2Nc3ccccc3C21. The van der Waals surface area contributed by atoms with E-state index in [2.05, 4.69) is 181 Å². The van der Waals surface area contributed by atoms with Gasteiger partial charge < -0.3 is 10.6 Å². The summed E-state index contributed by atoms with van der Waals surface area (Å²) < 4.78 is 0. The number of hydrogen-bond donors (Lipinski definition) is 2. The van der Waals surface area contributed by atoms with Crippen molar-refractivity contribution < 1.29 is 0 Å². The Morgan fingerprint density at radius 1 is 0.622 bits per heavy atom. The van der Waals surface area contributed by atoms with Crippen LogP contribution in [0.1, 0.15) is 41.0 Å². The van der Waals surface area contributed by atoms with Gasteiger partial charge in [-0.25, -0.2) is 0 Å². The fraction of sp³-hybridized carbons (Fsp3) is 0.116. The van der Waals surface area contributed by atoms with Gasteiger partial charge in [0.25, 0.3) is 0 Å². The number of para-hydroxylation sites is 2. The zero-order valence-corrected chi connectivity index (χ0v) is 25.4. The first-order valence-electron chi connectivity index (χ1n) is 16.0. The van der Waals surface area contributed by atoms with Gasteiger partial charge in [-0.2, -0.15) is 0 Å². The van der Waals surface area contributed by atoms with Gasteiger partial charge in [0.15, 0.2) is 0 Å². The Labute approximate surface area is 266 Å². The van der Waals surface area contributed by atoms with Crippen molar-refractivity contribution in [3.8, 4) is 11.1 Å². The van der Waals surface area contributed by atoms with Gasteiger partial charge in [0.05, 0.1) is 6.04 Å². The Hall–Kier alpha value is -5.34. The maximum atomic E-state index is 3.75. The molecule has 0 bridgehead atoms. The standard InChI is InChI=1S/C43H36N2/c1-29-35(25-27-42-43(29)38-18-10-11-19-40(38)45-42)37-17-9-8-16-36(37)32-22-20-30(21-23-32)33-24-26-41(44-34-14-6-3-7-15-34)39(28-33)31-12-4-2-5-13-31/h2-29,39,41,43-45H,1H3. The third-order valence-corrected chi connectivity index (χ3v) is 9.63. The van der Waals surface area contributed by atoms with Gasteiger partial charge in [0.2, 0.25) is 0 Å². The number of allylic oxidation sites excluding steroid dienone is 6. The van der Waals surface area contributed by atoms with Crippen LogP contribution in [0, 0.1) is 5.92 Å². The Kier molecular flexibility index (Phi) is 7.04. The molecule has 2 nitrogen and oxygen atoms in total. The molecule has 218 valence electrons. The Morgan fingerprint density at radius 2 is 1.29 bits per heavy atom. The molecule has 0 spiro atoms. The van der Waals surface area contributed by atoms with Crippen molar-refractivity contribution in [1.29, 1.82) is 0 Å². The summed E-state index contributed by atoms with van der Waals surface area (Å²) in [6.07, 6.45) is 11.6. The summed E-state index contributed by atoms with van der Waals surface area (Å²) in [4.78, 5) is 0. The summed E-state index contributed by atoms with van der Waals surface area (Å²) in [5, 5.41) is 7.40. The molecule has 2 heteroatoms. The predicted octanol–water partition coefficient (Wildman–Crippen LogP) is 10.7. The van der Waals surface area contributed by atoms with Gasteiger partial charge in [-0.15, -0.1) is 0 Å². The van der Waals surface area contributed by atoms with E-state index in [1.54, 1.807) is 0 Å². The highest BCUT2D eigenvalue weighted by Crippen LogP contribution is 2.50. The minimum absolute atomic E-state index is 0.173. The Bertz CT molecular complexity index is 1960. The highest BCUT2D eigenvalue weighted by atomic mass is 14.9. The predicted molar refractivity (Wildman–Crippen MR) is 190 cm³/mol. The van der Waals surface area contributed by atoms with Gasteiger partial charge >= 0.3 is 0 Å². The van der Waals surface area contributed by atoms with Crippen molar-refractivity contribution >= 4 is 22.5 Å². The van der Waals surface area contributed by atoms with Crippen LogP contribution in [0.25, 0.3) is 22.3 Å². The van der Waals surface area contributed by atoms with Crippen molar-refractivity contribution in [2.75, 3.05) is 10.6 Å². The molecule has 1 aliphatic heterocycles. The minimum Gasteiger partial charge on any atom is -0.378 e. The number of nitrogens with one attached hydrogen (secondary N) is 2. The highest BCUT2D eigenvalue weighted by Gasteiger charge is 2.35. The molecule has 0 radical (unpaired) electrons. The van der Waals surface area contributed by atoms with E-state index >= 15 is 0 Å². The Balaban J connectivity index is 1.09. The fourth-order valence-electron chi connectivity index (χ4n) is 7.36. The quantitative estimate of drug-likeness (QED) is 0.209. The number of fused-ring (bicyclic) bond motifs is 3. The van der Waals surface area contributed by atoms with Crippen molar-refractivity contribution in [3.05, 3.63) is 192 Å². The molecule has 3 aliphatic rings. The van der Waals surface area contributed by atoms with Crippen LogP contribution in [-0.2, 0) is 0 Å². The van der Waals surface area contributed by atoms with Crippen LogP contribution in [0.2, 0.25) is 0 Å².